The number of carbonyl (C=O) groups excluding carboxylic acids is 2. The highest BCUT2D eigenvalue weighted by Crippen LogP contribution is 2.21. The molecule has 2 aromatic carbocycles. The molecule has 0 heterocycles. The average molecular weight is 311 g/mol. The van der Waals surface area contributed by atoms with Gasteiger partial charge in [-0.25, -0.2) is 0 Å². The van der Waals surface area contributed by atoms with Crippen molar-refractivity contribution in [2.45, 2.75) is 20.3 Å². The van der Waals surface area contributed by atoms with E-state index in [1.807, 2.05) is 32.0 Å². The van der Waals surface area contributed by atoms with Crippen LogP contribution in [0.25, 0.3) is 0 Å². The number of anilines is 2. The lowest BCUT2D eigenvalue weighted by atomic mass is 10.1. The van der Waals surface area contributed by atoms with Gasteiger partial charge in [0.25, 0.3) is 5.91 Å². The molecule has 4 N–H and O–H groups in total. The Morgan fingerprint density at radius 1 is 1.00 bits per heavy atom. The molecule has 0 saturated heterocycles. The number of hydrogen-bond donors (Lipinski definition) is 3. The molecule has 0 aliphatic rings. The summed E-state index contributed by atoms with van der Waals surface area (Å²) in [5.74, 6) is -0.328. The zero-order valence-corrected chi connectivity index (χ0v) is 13.3. The molecule has 120 valence electrons. The molecule has 0 spiro atoms. The van der Waals surface area contributed by atoms with Crippen molar-refractivity contribution in [3.8, 4) is 0 Å². The van der Waals surface area contributed by atoms with Crippen LogP contribution in [0.4, 0.5) is 11.4 Å². The Morgan fingerprint density at radius 3 is 2.35 bits per heavy atom. The number of amides is 2. The lowest BCUT2D eigenvalue weighted by Gasteiger charge is -2.11. The van der Waals surface area contributed by atoms with Gasteiger partial charge in [-0.15, -0.1) is 0 Å². The van der Waals surface area contributed by atoms with E-state index in [1.54, 1.807) is 24.3 Å². The fourth-order valence-electron chi connectivity index (χ4n) is 2.09. The molecule has 0 aliphatic carbocycles. The molecule has 5 heteroatoms. The number of hydrogen-bond acceptors (Lipinski definition) is 3. The highest BCUT2D eigenvalue weighted by molar-refractivity contribution is 6.04. The minimum absolute atomic E-state index is 0.141. The predicted octanol–water partition coefficient (Wildman–Crippen LogP) is 2.84. The van der Waals surface area contributed by atoms with E-state index >= 15 is 0 Å². The molecular weight excluding hydrogens is 290 g/mol. The third-order valence-electron chi connectivity index (χ3n) is 3.45. The molecule has 0 saturated carbocycles. The van der Waals surface area contributed by atoms with E-state index in [0.717, 1.165) is 11.1 Å². The van der Waals surface area contributed by atoms with E-state index in [9.17, 15) is 9.59 Å². The minimum atomic E-state index is -0.187. The third-order valence-corrected chi connectivity index (χ3v) is 3.45. The maximum Gasteiger partial charge on any atom is 0.255 e. The summed E-state index contributed by atoms with van der Waals surface area (Å²) in [6.45, 7) is 4.16. The fourth-order valence-corrected chi connectivity index (χ4v) is 2.09. The average Bonchev–Trinajstić information content (AvgIpc) is 2.51. The highest BCUT2D eigenvalue weighted by Gasteiger charge is 2.09. The summed E-state index contributed by atoms with van der Waals surface area (Å²) in [5.41, 5.74) is 9.28. The lowest BCUT2D eigenvalue weighted by Crippen LogP contribution is -2.17. The largest absolute Gasteiger partial charge is 0.330 e. The monoisotopic (exact) mass is 311 g/mol. The van der Waals surface area contributed by atoms with Crippen molar-refractivity contribution >= 4 is 23.2 Å². The first-order chi connectivity index (χ1) is 11.0. The Labute approximate surface area is 135 Å². The van der Waals surface area contributed by atoms with Gasteiger partial charge in [-0.1, -0.05) is 23.8 Å². The first kappa shape index (κ1) is 16.7. The van der Waals surface area contributed by atoms with Gasteiger partial charge < -0.3 is 16.4 Å². The maximum absolute atomic E-state index is 12.2. The summed E-state index contributed by atoms with van der Waals surface area (Å²) in [6, 6.07) is 12.7. The second kappa shape index (κ2) is 7.56. The van der Waals surface area contributed by atoms with Crippen LogP contribution in [0.2, 0.25) is 0 Å². The van der Waals surface area contributed by atoms with Gasteiger partial charge in [-0.05, 0) is 43.7 Å². The molecule has 23 heavy (non-hydrogen) atoms. The van der Waals surface area contributed by atoms with Crippen molar-refractivity contribution < 1.29 is 9.59 Å². The van der Waals surface area contributed by atoms with Crippen molar-refractivity contribution in [2.24, 2.45) is 5.73 Å². The molecule has 2 rings (SSSR count). The number of aryl methyl sites for hydroxylation is 2. The normalized spacial score (nSPS) is 10.2. The van der Waals surface area contributed by atoms with Crippen molar-refractivity contribution in [3.63, 3.8) is 0 Å². The molecule has 0 radical (unpaired) electrons. The molecule has 0 bridgehead atoms. The smallest absolute Gasteiger partial charge is 0.255 e. The molecule has 0 unspecified atom stereocenters. The number of carbonyl (C=O) groups is 2. The zero-order chi connectivity index (χ0) is 16.8. The maximum atomic E-state index is 12.2. The summed E-state index contributed by atoms with van der Waals surface area (Å²) in [4.78, 5) is 23.9. The topological polar surface area (TPSA) is 84.2 Å². The molecule has 0 fully saturated rings. The standard InChI is InChI=1S/C18H21N3O2/c1-12-3-6-14(7-4-12)18(23)20-15-8-5-13(2)16(11-15)21-17(22)9-10-19/h3-8,11H,9-10,19H2,1-2H3,(H,20,23)(H,21,22). The second-order valence-electron chi connectivity index (χ2n) is 5.44. The zero-order valence-electron chi connectivity index (χ0n) is 13.3. The van der Waals surface area contributed by atoms with Gasteiger partial charge in [0, 0.05) is 29.9 Å². The van der Waals surface area contributed by atoms with Crippen molar-refractivity contribution in [2.75, 3.05) is 17.2 Å². The SMILES string of the molecule is Cc1ccc(C(=O)Nc2ccc(C)c(NC(=O)CCN)c2)cc1. The van der Waals surface area contributed by atoms with Crippen LogP contribution >= 0.6 is 0 Å². The molecule has 0 aliphatic heterocycles. The Bertz CT molecular complexity index is 709. The van der Waals surface area contributed by atoms with E-state index in [4.69, 9.17) is 5.73 Å². The van der Waals surface area contributed by atoms with Gasteiger partial charge >= 0.3 is 0 Å². The Kier molecular flexibility index (Phi) is 5.49. The number of nitrogens with one attached hydrogen (secondary N) is 2. The summed E-state index contributed by atoms with van der Waals surface area (Å²) in [7, 11) is 0. The fraction of sp³-hybridized carbons (Fsp3) is 0.222. The molecule has 0 atom stereocenters. The van der Waals surface area contributed by atoms with Crippen molar-refractivity contribution in [1.82, 2.24) is 0 Å². The van der Waals surface area contributed by atoms with E-state index in [2.05, 4.69) is 10.6 Å². The molecule has 2 amide bonds. The number of rotatable bonds is 5. The number of nitrogens with two attached hydrogens (primary N) is 1. The predicted molar refractivity (Wildman–Crippen MR) is 92.6 cm³/mol. The van der Waals surface area contributed by atoms with Crippen LogP contribution in [0.3, 0.4) is 0 Å². The van der Waals surface area contributed by atoms with Gasteiger partial charge in [0.05, 0.1) is 0 Å². The van der Waals surface area contributed by atoms with Gasteiger partial charge in [0.15, 0.2) is 0 Å². The third kappa shape index (κ3) is 4.66. The molecular formula is C18H21N3O2. The van der Waals surface area contributed by atoms with E-state index in [0.29, 0.717) is 23.5 Å². The van der Waals surface area contributed by atoms with Crippen LogP contribution in [-0.2, 0) is 4.79 Å². The van der Waals surface area contributed by atoms with Gasteiger partial charge in [-0.3, -0.25) is 9.59 Å². The Morgan fingerprint density at radius 2 is 1.70 bits per heavy atom. The van der Waals surface area contributed by atoms with E-state index in [1.165, 1.54) is 0 Å². The molecule has 5 nitrogen and oxygen atoms in total. The van der Waals surface area contributed by atoms with Gasteiger partial charge in [0.2, 0.25) is 5.91 Å². The first-order valence-electron chi connectivity index (χ1n) is 7.48. The highest BCUT2D eigenvalue weighted by atomic mass is 16.2. The van der Waals surface area contributed by atoms with Crippen molar-refractivity contribution in [3.05, 3.63) is 59.2 Å². The summed E-state index contributed by atoms with van der Waals surface area (Å²) >= 11 is 0. The van der Waals surface area contributed by atoms with Crippen LogP contribution in [0, 0.1) is 13.8 Å². The lowest BCUT2D eigenvalue weighted by molar-refractivity contribution is -0.116. The van der Waals surface area contributed by atoms with Crippen LogP contribution < -0.4 is 16.4 Å². The van der Waals surface area contributed by atoms with Crippen LogP contribution in [0.5, 0.6) is 0 Å². The van der Waals surface area contributed by atoms with E-state index in [-0.39, 0.29) is 18.2 Å². The van der Waals surface area contributed by atoms with Crippen LogP contribution in [0.15, 0.2) is 42.5 Å². The van der Waals surface area contributed by atoms with E-state index < -0.39 is 0 Å². The summed E-state index contributed by atoms with van der Waals surface area (Å²) < 4.78 is 0. The Hall–Kier alpha value is -2.66. The summed E-state index contributed by atoms with van der Waals surface area (Å²) in [5, 5.41) is 5.64. The van der Waals surface area contributed by atoms with Crippen LogP contribution in [-0.4, -0.2) is 18.4 Å². The quantitative estimate of drug-likeness (QED) is 0.794. The van der Waals surface area contributed by atoms with Gasteiger partial charge in [0.1, 0.15) is 0 Å². The molecule has 0 aromatic heterocycles. The minimum Gasteiger partial charge on any atom is -0.330 e. The second-order valence-corrected chi connectivity index (χ2v) is 5.44. The van der Waals surface area contributed by atoms with Crippen molar-refractivity contribution in [1.29, 1.82) is 0 Å². The first-order valence-corrected chi connectivity index (χ1v) is 7.48. The van der Waals surface area contributed by atoms with Gasteiger partial charge in [-0.2, -0.15) is 0 Å². The van der Waals surface area contributed by atoms with Crippen LogP contribution in [0.1, 0.15) is 27.9 Å². The Balaban J connectivity index is 2.12. The number of benzene rings is 2. The molecule has 2 aromatic rings. The summed E-state index contributed by atoms with van der Waals surface area (Å²) in [6.07, 6.45) is 0.263.